The van der Waals surface area contributed by atoms with Crippen molar-refractivity contribution < 1.29 is 13.2 Å². The molecule has 0 saturated heterocycles. The van der Waals surface area contributed by atoms with Crippen LogP contribution in [0, 0.1) is 0 Å². The van der Waals surface area contributed by atoms with Gasteiger partial charge >= 0.3 is 8.26 Å². The van der Waals surface area contributed by atoms with Crippen molar-refractivity contribution in [3.05, 3.63) is 30.3 Å². The van der Waals surface area contributed by atoms with Gasteiger partial charge in [0.2, 0.25) is 0 Å². The molecule has 0 spiro atoms. The van der Waals surface area contributed by atoms with Crippen LogP contribution in [0.15, 0.2) is 30.3 Å². The Kier molecular flexibility index (Phi) is 7.96. The van der Waals surface area contributed by atoms with Gasteiger partial charge in [-0.25, -0.2) is 0 Å². The smallest absolute Gasteiger partial charge is 0.317 e. The molecule has 0 aliphatic heterocycles. The Hall–Kier alpha value is -0.160. The van der Waals surface area contributed by atoms with Crippen LogP contribution in [0.3, 0.4) is 0 Å². The molecule has 0 amide bonds. The van der Waals surface area contributed by atoms with Gasteiger partial charge in [0.25, 0.3) is 0 Å². The van der Waals surface area contributed by atoms with Crippen LogP contribution in [-0.2, 0) is 8.26 Å². The average molecular weight is 292 g/mol. The predicted molar refractivity (Wildman–Crippen MR) is 63.3 cm³/mol. The van der Waals surface area contributed by atoms with Crippen LogP contribution < -0.4 is 4.74 Å². The standard InChI is InChI=1S/C8H9ClO.Cl2O2S/c9-6-7-10-8-4-2-1-3-5-8;1-5(2,3)4/h1-5H,6-7H2;. The average Bonchev–Trinajstić information content (AvgIpc) is 2.14. The highest BCUT2D eigenvalue weighted by molar-refractivity contribution is 8.31. The third-order valence-corrected chi connectivity index (χ3v) is 1.24. The highest BCUT2D eigenvalue weighted by Gasteiger charge is 1.89. The molecule has 1 rings (SSSR count). The summed E-state index contributed by atoms with van der Waals surface area (Å²) in [4.78, 5) is 0. The molecule has 0 N–H and O–H groups in total. The first-order chi connectivity index (χ1) is 6.93. The van der Waals surface area contributed by atoms with E-state index < -0.39 is 8.26 Å². The van der Waals surface area contributed by atoms with E-state index in [1.165, 1.54) is 0 Å². The second-order valence-corrected chi connectivity index (χ2v) is 6.28. The van der Waals surface area contributed by atoms with Crippen LogP contribution in [0.25, 0.3) is 0 Å². The van der Waals surface area contributed by atoms with Crippen LogP contribution in [0.2, 0.25) is 0 Å². The predicted octanol–water partition coefficient (Wildman–Crippen LogP) is 3.01. The Morgan fingerprint density at radius 2 is 1.60 bits per heavy atom. The third-order valence-electron chi connectivity index (χ3n) is 1.09. The Morgan fingerprint density at radius 1 is 1.13 bits per heavy atom. The molecule has 0 fully saturated rings. The number of benzene rings is 1. The van der Waals surface area contributed by atoms with Gasteiger partial charge in [0, 0.05) is 21.4 Å². The lowest BCUT2D eigenvalue weighted by Gasteiger charge is -2.00. The van der Waals surface area contributed by atoms with E-state index in [1.54, 1.807) is 0 Å². The van der Waals surface area contributed by atoms with Crippen molar-refractivity contribution in [2.75, 3.05) is 12.5 Å². The number of alkyl halides is 1. The fourth-order valence-corrected chi connectivity index (χ4v) is 0.750. The first kappa shape index (κ1) is 14.8. The summed E-state index contributed by atoms with van der Waals surface area (Å²) in [5.74, 6) is 1.41. The van der Waals surface area contributed by atoms with Crippen LogP contribution in [0.5, 0.6) is 5.75 Å². The van der Waals surface area contributed by atoms with E-state index in [0.717, 1.165) is 5.75 Å². The molecule has 1 aromatic carbocycles. The molecule has 7 heteroatoms. The highest BCUT2D eigenvalue weighted by Crippen LogP contribution is 2.07. The molecule has 1 aromatic rings. The fraction of sp³-hybridized carbons (Fsp3) is 0.250. The summed E-state index contributed by atoms with van der Waals surface area (Å²) in [5, 5.41) is 0. The molecule has 86 valence electrons. The zero-order valence-corrected chi connectivity index (χ0v) is 10.7. The summed E-state index contributed by atoms with van der Waals surface area (Å²) in [6.45, 7) is 0.575. The van der Waals surface area contributed by atoms with Crippen LogP contribution >= 0.6 is 33.0 Å². The molecule has 0 unspecified atom stereocenters. The van der Waals surface area contributed by atoms with Gasteiger partial charge < -0.3 is 4.74 Å². The number of ether oxygens (including phenoxy) is 1. The van der Waals surface area contributed by atoms with Crippen molar-refractivity contribution >= 4 is 41.2 Å². The maximum Gasteiger partial charge on any atom is 0.317 e. The summed E-state index contributed by atoms with van der Waals surface area (Å²) < 4.78 is 23.5. The second kappa shape index (κ2) is 8.05. The molecular formula is C8H9Cl3O3S. The lowest BCUT2D eigenvalue weighted by Crippen LogP contribution is -1.96. The van der Waals surface area contributed by atoms with Gasteiger partial charge in [-0.1, -0.05) is 18.2 Å². The van der Waals surface area contributed by atoms with Gasteiger partial charge in [0.1, 0.15) is 12.4 Å². The van der Waals surface area contributed by atoms with Crippen LogP contribution in [0.1, 0.15) is 0 Å². The van der Waals surface area contributed by atoms with Crippen molar-refractivity contribution in [2.45, 2.75) is 0 Å². The Morgan fingerprint density at radius 3 is 2.00 bits per heavy atom. The van der Waals surface area contributed by atoms with E-state index in [0.29, 0.717) is 12.5 Å². The molecule has 0 heterocycles. The minimum atomic E-state index is -3.72. The first-order valence-corrected chi connectivity index (χ1v) is 7.48. The van der Waals surface area contributed by atoms with Crippen LogP contribution in [0.4, 0.5) is 0 Å². The van der Waals surface area contributed by atoms with Crippen molar-refractivity contribution in [3.8, 4) is 5.75 Å². The van der Waals surface area contributed by atoms with E-state index in [-0.39, 0.29) is 0 Å². The molecule has 15 heavy (non-hydrogen) atoms. The number of rotatable bonds is 3. The summed E-state index contributed by atoms with van der Waals surface area (Å²) >= 11 is 5.43. The molecule has 0 aliphatic carbocycles. The summed E-state index contributed by atoms with van der Waals surface area (Å²) in [6, 6.07) is 9.64. The van der Waals surface area contributed by atoms with Gasteiger partial charge in [0.15, 0.2) is 0 Å². The lowest BCUT2D eigenvalue weighted by atomic mass is 10.3. The Balaban J connectivity index is 0.000000336. The third kappa shape index (κ3) is 13.8. The monoisotopic (exact) mass is 290 g/mol. The molecule has 0 radical (unpaired) electrons. The number of hydrogen-bond donors (Lipinski definition) is 0. The largest absolute Gasteiger partial charge is 0.492 e. The van der Waals surface area contributed by atoms with E-state index in [4.69, 9.17) is 24.8 Å². The second-order valence-electron chi connectivity index (χ2n) is 2.23. The molecular weight excluding hydrogens is 283 g/mol. The van der Waals surface area contributed by atoms with E-state index >= 15 is 0 Å². The summed E-state index contributed by atoms with van der Waals surface area (Å²) in [5.41, 5.74) is 0. The first-order valence-electron chi connectivity index (χ1n) is 3.81. The van der Waals surface area contributed by atoms with Crippen molar-refractivity contribution in [1.29, 1.82) is 0 Å². The van der Waals surface area contributed by atoms with E-state index in [1.807, 2.05) is 30.3 Å². The number of halogens is 3. The minimum Gasteiger partial charge on any atom is -0.492 e. The van der Waals surface area contributed by atoms with Gasteiger partial charge in [-0.3, -0.25) is 0 Å². The van der Waals surface area contributed by atoms with E-state index in [2.05, 4.69) is 21.4 Å². The van der Waals surface area contributed by atoms with E-state index in [9.17, 15) is 0 Å². The summed E-state index contributed by atoms with van der Waals surface area (Å²) in [7, 11) is 4.81. The van der Waals surface area contributed by atoms with Crippen molar-refractivity contribution in [3.63, 3.8) is 0 Å². The van der Waals surface area contributed by atoms with Gasteiger partial charge in [-0.15, -0.1) is 11.6 Å². The minimum absolute atomic E-state index is 0.537. The zero-order chi connectivity index (χ0) is 11.7. The van der Waals surface area contributed by atoms with Gasteiger partial charge in [-0.05, 0) is 12.1 Å². The topological polar surface area (TPSA) is 43.4 Å². The van der Waals surface area contributed by atoms with Crippen LogP contribution in [-0.4, -0.2) is 20.9 Å². The lowest BCUT2D eigenvalue weighted by molar-refractivity contribution is 0.343. The summed E-state index contributed by atoms with van der Waals surface area (Å²) in [6.07, 6.45) is 0. The fourth-order valence-electron chi connectivity index (χ4n) is 0.673. The normalized spacial score (nSPS) is 10.1. The molecule has 0 aromatic heterocycles. The quantitative estimate of drug-likeness (QED) is 0.635. The SMILES string of the molecule is ClCCOc1ccccc1.O=S(=O)(Cl)Cl. The number of para-hydroxylation sites is 1. The highest BCUT2D eigenvalue weighted by atomic mass is 36.0. The molecule has 0 saturated carbocycles. The Bertz CT molecular complexity index is 345. The van der Waals surface area contributed by atoms with Crippen molar-refractivity contribution in [2.24, 2.45) is 0 Å². The molecule has 0 bridgehead atoms. The van der Waals surface area contributed by atoms with Crippen molar-refractivity contribution in [1.82, 2.24) is 0 Å². The maximum absolute atomic E-state index is 9.16. The number of hydrogen-bond acceptors (Lipinski definition) is 3. The maximum atomic E-state index is 9.16. The molecule has 3 nitrogen and oxygen atoms in total. The zero-order valence-electron chi connectivity index (χ0n) is 7.57. The molecule has 0 aliphatic rings. The van der Waals surface area contributed by atoms with Gasteiger partial charge in [-0.2, -0.15) is 8.42 Å². The molecule has 0 atom stereocenters. The Labute approximate surface area is 103 Å². The van der Waals surface area contributed by atoms with Gasteiger partial charge in [0.05, 0.1) is 5.88 Å².